The quantitative estimate of drug-likeness (QED) is 0.647. The van der Waals surface area contributed by atoms with E-state index in [2.05, 4.69) is 44.0 Å². The Morgan fingerprint density at radius 3 is 2.50 bits per heavy atom. The minimum Gasteiger partial charge on any atom is -0.0690 e. The van der Waals surface area contributed by atoms with Gasteiger partial charge in [0.2, 0.25) is 0 Å². The monoisotopic (exact) mass is 232 g/mol. The molecule has 1 aromatic carbocycles. The summed E-state index contributed by atoms with van der Waals surface area (Å²) < 4.78 is 1.93. The summed E-state index contributed by atoms with van der Waals surface area (Å²) in [6.07, 6.45) is 0. The summed E-state index contributed by atoms with van der Waals surface area (Å²) in [4.78, 5) is 0. The first-order chi connectivity index (χ1) is 3.80. The SMILES string of the molecule is Brc1c#cccc1Br. The first-order valence-electron chi connectivity index (χ1n) is 2.04. The summed E-state index contributed by atoms with van der Waals surface area (Å²) in [6.45, 7) is 0. The van der Waals surface area contributed by atoms with Crippen molar-refractivity contribution in [3.63, 3.8) is 0 Å². The van der Waals surface area contributed by atoms with Crippen molar-refractivity contribution in [2.75, 3.05) is 0 Å². The van der Waals surface area contributed by atoms with E-state index in [0.717, 1.165) is 8.95 Å². The predicted octanol–water partition coefficient (Wildman–Crippen LogP) is 2.81. The van der Waals surface area contributed by atoms with E-state index in [1.807, 2.05) is 6.07 Å². The molecule has 2 heteroatoms. The van der Waals surface area contributed by atoms with Gasteiger partial charge in [0.15, 0.2) is 0 Å². The molecule has 0 saturated carbocycles. The third kappa shape index (κ3) is 1.24. The minimum absolute atomic E-state index is 0.917. The lowest BCUT2D eigenvalue weighted by Crippen LogP contribution is -1.60. The molecule has 0 heterocycles. The highest BCUT2D eigenvalue weighted by Crippen LogP contribution is 2.18. The van der Waals surface area contributed by atoms with E-state index in [1.54, 1.807) is 6.07 Å². The molecule has 1 rings (SSSR count). The average Bonchev–Trinajstić information content (AvgIpc) is 1.77. The Hall–Kier alpha value is -0.0000000000000000555. The van der Waals surface area contributed by atoms with Crippen molar-refractivity contribution in [1.82, 2.24) is 0 Å². The highest BCUT2D eigenvalue weighted by Gasteiger charge is 1.87. The van der Waals surface area contributed by atoms with Crippen molar-refractivity contribution in [3.8, 4) is 0 Å². The van der Waals surface area contributed by atoms with E-state index in [-0.39, 0.29) is 0 Å². The molecule has 0 N–H and O–H groups in total. The van der Waals surface area contributed by atoms with Gasteiger partial charge in [-0.1, -0.05) is 12.1 Å². The van der Waals surface area contributed by atoms with Crippen molar-refractivity contribution < 1.29 is 0 Å². The maximum atomic E-state index is 3.30. The summed E-state index contributed by atoms with van der Waals surface area (Å²) in [5.41, 5.74) is 0. The smallest absolute Gasteiger partial charge is 0.0690 e. The van der Waals surface area contributed by atoms with Gasteiger partial charge in [0.25, 0.3) is 0 Å². The van der Waals surface area contributed by atoms with Crippen molar-refractivity contribution in [3.05, 3.63) is 33.2 Å². The van der Waals surface area contributed by atoms with Gasteiger partial charge in [-0.05, 0) is 44.0 Å². The minimum atomic E-state index is 0.917. The Bertz CT molecular complexity index is 163. The molecule has 0 saturated heterocycles. The molecule has 0 aliphatic heterocycles. The molecule has 0 aliphatic carbocycles. The molecule has 0 aromatic heterocycles. The van der Waals surface area contributed by atoms with Crippen LogP contribution in [0.5, 0.6) is 0 Å². The Morgan fingerprint density at radius 2 is 2.12 bits per heavy atom. The van der Waals surface area contributed by atoms with Crippen LogP contribution in [0.3, 0.4) is 0 Å². The van der Waals surface area contributed by atoms with Gasteiger partial charge in [0, 0.05) is 4.47 Å². The maximum Gasteiger partial charge on any atom is 0.0819 e. The van der Waals surface area contributed by atoms with Crippen LogP contribution in [0.4, 0.5) is 0 Å². The summed E-state index contributed by atoms with van der Waals surface area (Å²) in [5, 5.41) is 0. The second-order valence-corrected chi connectivity index (χ2v) is 2.91. The zero-order chi connectivity index (χ0) is 5.98. The lowest BCUT2D eigenvalue weighted by atomic mass is 10.4. The third-order valence-corrected chi connectivity index (χ3v) is 2.52. The maximum absolute atomic E-state index is 3.30. The molecule has 0 amide bonds. The molecule has 8 heavy (non-hydrogen) atoms. The van der Waals surface area contributed by atoms with E-state index in [1.165, 1.54) is 0 Å². The highest BCUT2D eigenvalue weighted by atomic mass is 79.9. The van der Waals surface area contributed by atoms with E-state index in [9.17, 15) is 0 Å². The second kappa shape index (κ2) is 2.52. The number of halogens is 2. The highest BCUT2D eigenvalue weighted by molar-refractivity contribution is 9.13. The Labute approximate surface area is 65.2 Å². The van der Waals surface area contributed by atoms with Crippen LogP contribution in [0.1, 0.15) is 0 Å². The Kier molecular flexibility index (Phi) is 1.93. The predicted molar refractivity (Wildman–Crippen MR) is 39.5 cm³/mol. The first-order valence-corrected chi connectivity index (χ1v) is 3.62. The molecule has 0 aliphatic rings. The molecular formula is C6H2Br2. The molecule has 0 bridgehead atoms. The van der Waals surface area contributed by atoms with Gasteiger partial charge in [-0.3, -0.25) is 0 Å². The standard InChI is InChI=1S/C6H2Br2/c7-5-3-1-2-4-6(5)8/h1,3H. The zero-order valence-electron chi connectivity index (χ0n) is 3.91. The van der Waals surface area contributed by atoms with Gasteiger partial charge in [0.1, 0.15) is 0 Å². The number of rotatable bonds is 0. The molecule has 0 nitrogen and oxygen atoms in total. The number of hydrogen-bond donors (Lipinski definition) is 0. The molecule has 0 atom stereocenters. The van der Waals surface area contributed by atoms with Crippen molar-refractivity contribution >= 4 is 31.9 Å². The van der Waals surface area contributed by atoms with Gasteiger partial charge in [-0.2, -0.15) is 0 Å². The lowest BCUT2D eigenvalue weighted by molar-refractivity contribution is 1.62. The van der Waals surface area contributed by atoms with Crippen LogP contribution >= 0.6 is 31.9 Å². The molecule has 40 valence electrons. The molecule has 0 radical (unpaired) electrons. The lowest BCUT2D eigenvalue weighted by Gasteiger charge is -1.83. The van der Waals surface area contributed by atoms with Gasteiger partial charge in [-0.25, -0.2) is 0 Å². The van der Waals surface area contributed by atoms with Gasteiger partial charge < -0.3 is 0 Å². The van der Waals surface area contributed by atoms with E-state index in [0.29, 0.717) is 0 Å². The Balaban J connectivity index is 3.13. The van der Waals surface area contributed by atoms with Crippen LogP contribution in [0.2, 0.25) is 0 Å². The van der Waals surface area contributed by atoms with E-state index >= 15 is 0 Å². The van der Waals surface area contributed by atoms with Gasteiger partial charge in [0.05, 0.1) is 4.47 Å². The van der Waals surface area contributed by atoms with Crippen LogP contribution in [0.25, 0.3) is 0 Å². The summed E-state index contributed by atoms with van der Waals surface area (Å²) in [7, 11) is 0. The van der Waals surface area contributed by atoms with Crippen LogP contribution in [0, 0.1) is 12.1 Å². The molecule has 0 unspecified atom stereocenters. The summed E-state index contributed by atoms with van der Waals surface area (Å²) >= 11 is 6.56. The van der Waals surface area contributed by atoms with Crippen LogP contribution in [0.15, 0.2) is 21.1 Å². The Morgan fingerprint density at radius 1 is 1.38 bits per heavy atom. The fourth-order valence-electron chi connectivity index (χ4n) is 0.353. The van der Waals surface area contributed by atoms with Crippen molar-refractivity contribution in [1.29, 1.82) is 0 Å². The fourth-order valence-corrected chi connectivity index (χ4v) is 0.831. The zero-order valence-corrected chi connectivity index (χ0v) is 7.08. The van der Waals surface area contributed by atoms with E-state index < -0.39 is 0 Å². The van der Waals surface area contributed by atoms with Gasteiger partial charge in [-0.15, -0.1) is 0 Å². The second-order valence-electron chi connectivity index (χ2n) is 1.26. The van der Waals surface area contributed by atoms with Crippen molar-refractivity contribution in [2.24, 2.45) is 0 Å². The number of hydrogen-bond acceptors (Lipinski definition) is 0. The fraction of sp³-hybridized carbons (Fsp3) is 0. The molecule has 1 aromatic rings. The normalized spacial score (nSPS) is 8.25. The van der Waals surface area contributed by atoms with Crippen LogP contribution in [-0.2, 0) is 0 Å². The van der Waals surface area contributed by atoms with Crippen molar-refractivity contribution in [2.45, 2.75) is 0 Å². The first kappa shape index (κ1) is 6.12. The topological polar surface area (TPSA) is 0 Å². The largest absolute Gasteiger partial charge is 0.0819 e. The van der Waals surface area contributed by atoms with Gasteiger partial charge >= 0.3 is 0 Å². The molecule has 0 fully saturated rings. The third-order valence-electron chi connectivity index (χ3n) is 0.705. The molecular weight excluding hydrogens is 232 g/mol. The van der Waals surface area contributed by atoms with Crippen LogP contribution < -0.4 is 0 Å². The summed E-state index contributed by atoms with van der Waals surface area (Å²) in [5.74, 6) is 0. The average molecular weight is 234 g/mol. The molecule has 0 spiro atoms. The van der Waals surface area contributed by atoms with E-state index in [4.69, 9.17) is 0 Å². The van der Waals surface area contributed by atoms with Crippen LogP contribution in [-0.4, -0.2) is 0 Å². The summed E-state index contributed by atoms with van der Waals surface area (Å²) in [6, 6.07) is 9.35.